The third kappa shape index (κ3) is 10.0. The zero-order chi connectivity index (χ0) is 31.6. The summed E-state index contributed by atoms with van der Waals surface area (Å²) in [7, 11) is 1.59. The lowest BCUT2D eigenvalue weighted by Gasteiger charge is -2.36. The average molecular weight is 614 g/mol. The van der Waals surface area contributed by atoms with Crippen LogP contribution in [0.1, 0.15) is 59.7 Å². The van der Waals surface area contributed by atoms with Crippen LogP contribution in [0.5, 0.6) is 5.75 Å². The Morgan fingerprint density at radius 1 is 0.930 bits per heavy atom. The Kier molecular flexibility index (Phi) is 12.1. The molecule has 0 aliphatic carbocycles. The number of ether oxygens (including phenoxy) is 1. The molecule has 0 unspecified atom stereocenters. The number of halogens is 6. The van der Waals surface area contributed by atoms with E-state index in [-0.39, 0.29) is 25.1 Å². The second-order valence-electron chi connectivity index (χ2n) is 10.4. The van der Waals surface area contributed by atoms with Crippen LogP contribution in [0.15, 0.2) is 48.5 Å². The quantitative estimate of drug-likeness (QED) is 0.200. The van der Waals surface area contributed by atoms with E-state index in [4.69, 9.17) is 4.74 Å². The number of alkyl halides is 6. The summed E-state index contributed by atoms with van der Waals surface area (Å²) in [4.78, 5) is 31.0. The zero-order valence-corrected chi connectivity index (χ0v) is 24.3. The van der Waals surface area contributed by atoms with Crippen molar-refractivity contribution in [2.24, 2.45) is 0 Å². The van der Waals surface area contributed by atoms with Gasteiger partial charge in [-0.05, 0) is 30.7 Å². The zero-order valence-electron chi connectivity index (χ0n) is 24.3. The number of piperazine rings is 1. The number of hydrogen-bond donors (Lipinski definition) is 0. The Bertz CT molecular complexity index is 1220. The number of carbonyl (C=O) groups excluding carboxylic acids is 2. The Labute approximate surface area is 247 Å². The molecular weight excluding hydrogens is 576 g/mol. The number of para-hydroxylation sites is 1. The highest BCUT2D eigenvalue weighted by molar-refractivity contribution is 5.94. The lowest BCUT2D eigenvalue weighted by molar-refractivity contribution is -0.143. The van der Waals surface area contributed by atoms with E-state index < -0.39 is 35.0 Å². The van der Waals surface area contributed by atoms with Gasteiger partial charge in [0.2, 0.25) is 5.91 Å². The van der Waals surface area contributed by atoms with Crippen molar-refractivity contribution in [3.05, 3.63) is 70.8 Å². The number of amides is 2. The van der Waals surface area contributed by atoms with Crippen molar-refractivity contribution >= 4 is 17.9 Å². The van der Waals surface area contributed by atoms with Crippen LogP contribution >= 0.6 is 0 Å². The Morgan fingerprint density at radius 3 is 2.14 bits per heavy atom. The van der Waals surface area contributed by atoms with E-state index >= 15 is 0 Å². The number of benzene rings is 2. The fourth-order valence-corrected chi connectivity index (χ4v) is 4.81. The third-order valence-electron chi connectivity index (χ3n) is 7.29. The van der Waals surface area contributed by atoms with Crippen LogP contribution in [0, 0.1) is 0 Å². The van der Waals surface area contributed by atoms with Gasteiger partial charge in [0.1, 0.15) is 5.75 Å². The van der Waals surface area contributed by atoms with Crippen LogP contribution in [-0.2, 0) is 17.1 Å². The summed E-state index contributed by atoms with van der Waals surface area (Å²) >= 11 is 0. The van der Waals surface area contributed by atoms with Crippen LogP contribution in [0.3, 0.4) is 0 Å². The van der Waals surface area contributed by atoms with Crippen molar-refractivity contribution in [1.82, 2.24) is 14.7 Å². The minimum Gasteiger partial charge on any atom is -0.496 e. The monoisotopic (exact) mass is 613 g/mol. The molecular formula is C31H37F6N3O3. The molecule has 12 heteroatoms. The van der Waals surface area contributed by atoms with Crippen molar-refractivity contribution < 1.29 is 40.7 Å². The van der Waals surface area contributed by atoms with E-state index in [2.05, 4.69) is 6.92 Å². The molecule has 1 saturated heterocycles. The topological polar surface area (TPSA) is 53.1 Å². The minimum atomic E-state index is -5.03. The number of carbonyl (C=O) groups is 2. The van der Waals surface area contributed by atoms with Gasteiger partial charge in [-0.2, -0.15) is 26.3 Å². The first-order valence-corrected chi connectivity index (χ1v) is 14.2. The van der Waals surface area contributed by atoms with Crippen molar-refractivity contribution in [3.63, 3.8) is 0 Å². The van der Waals surface area contributed by atoms with Gasteiger partial charge in [-0.25, -0.2) is 0 Å². The standard InChI is InChI=1S/C31H37F6N3O3/c1-3-4-5-12-28(41)39(13-8-10-23-9-6-7-11-27(23)43-2)17-14-38-15-18-40(19-16-38)29(42)24-20-25(30(32,33)34)22-26(21-24)31(35,36)37/h6-11,20-22H,3-5,12-19H2,1-2H3/b10-8+. The lowest BCUT2D eigenvalue weighted by atomic mass is 10.0. The van der Waals surface area contributed by atoms with Crippen molar-refractivity contribution in [1.29, 1.82) is 0 Å². The molecule has 236 valence electrons. The predicted molar refractivity (Wildman–Crippen MR) is 152 cm³/mol. The average Bonchev–Trinajstić information content (AvgIpc) is 2.98. The molecule has 0 atom stereocenters. The van der Waals surface area contributed by atoms with Crippen LogP contribution in [-0.4, -0.2) is 79.4 Å². The van der Waals surface area contributed by atoms with Gasteiger partial charge in [0.25, 0.3) is 5.91 Å². The van der Waals surface area contributed by atoms with Gasteiger partial charge in [-0.1, -0.05) is 50.1 Å². The summed E-state index contributed by atoms with van der Waals surface area (Å²) in [5.74, 6) is -0.144. The first kappa shape index (κ1) is 34.0. The largest absolute Gasteiger partial charge is 0.496 e. The van der Waals surface area contributed by atoms with Crippen LogP contribution in [0.25, 0.3) is 6.08 Å². The molecule has 1 fully saturated rings. The lowest BCUT2D eigenvalue weighted by Crippen LogP contribution is -2.50. The second kappa shape index (κ2) is 15.3. The van der Waals surface area contributed by atoms with Gasteiger partial charge >= 0.3 is 12.4 Å². The highest BCUT2D eigenvalue weighted by Gasteiger charge is 2.38. The van der Waals surface area contributed by atoms with Crippen molar-refractivity contribution in [2.75, 3.05) is 52.9 Å². The Morgan fingerprint density at radius 2 is 1.56 bits per heavy atom. The second-order valence-corrected chi connectivity index (χ2v) is 10.4. The minimum absolute atomic E-state index is 0.00948. The molecule has 1 heterocycles. The van der Waals surface area contributed by atoms with Gasteiger partial charge in [-0.15, -0.1) is 0 Å². The van der Waals surface area contributed by atoms with E-state index in [1.807, 2.05) is 41.3 Å². The smallest absolute Gasteiger partial charge is 0.416 e. The molecule has 3 rings (SSSR count). The normalized spacial score (nSPS) is 14.7. The molecule has 1 aliphatic rings. The molecule has 0 bridgehead atoms. The number of nitrogens with zero attached hydrogens (tertiary/aromatic N) is 3. The summed E-state index contributed by atoms with van der Waals surface area (Å²) in [6.45, 7) is 4.38. The van der Waals surface area contributed by atoms with Crippen LogP contribution in [0.2, 0.25) is 0 Å². The van der Waals surface area contributed by atoms with Gasteiger partial charge in [0, 0.05) is 63.4 Å². The van der Waals surface area contributed by atoms with Gasteiger partial charge in [0.05, 0.1) is 18.2 Å². The number of unbranched alkanes of at least 4 members (excludes halogenated alkanes) is 2. The number of methoxy groups -OCH3 is 1. The maximum atomic E-state index is 13.2. The Balaban J connectivity index is 1.62. The van der Waals surface area contributed by atoms with E-state index in [1.54, 1.807) is 12.0 Å². The third-order valence-corrected chi connectivity index (χ3v) is 7.29. The molecule has 0 saturated carbocycles. The SMILES string of the molecule is CCCCCC(=O)N(C/C=C/c1ccccc1OC)CCN1CCN(C(=O)c2cc(C(F)(F)F)cc(C(F)(F)F)c2)CC1. The molecule has 6 nitrogen and oxygen atoms in total. The summed E-state index contributed by atoms with van der Waals surface area (Å²) < 4.78 is 84.9. The first-order valence-electron chi connectivity index (χ1n) is 14.2. The van der Waals surface area contributed by atoms with Gasteiger partial charge in [-0.3, -0.25) is 14.5 Å². The maximum Gasteiger partial charge on any atom is 0.416 e. The predicted octanol–water partition coefficient (Wildman–Crippen LogP) is 6.61. The fraction of sp³-hybridized carbons (Fsp3) is 0.484. The van der Waals surface area contributed by atoms with Crippen molar-refractivity contribution in [3.8, 4) is 5.75 Å². The number of rotatable bonds is 12. The number of hydrogen-bond acceptors (Lipinski definition) is 4. The fourth-order valence-electron chi connectivity index (χ4n) is 4.81. The van der Waals surface area contributed by atoms with Crippen LogP contribution in [0.4, 0.5) is 26.3 Å². The van der Waals surface area contributed by atoms with E-state index in [9.17, 15) is 35.9 Å². The summed E-state index contributed by atoms with van der Waals surface area (Å²) in [5.41, 5.74) is -2.81. The molecule has 0 aromatic heterocycles. The van der Waals surface area contributed by atoms with Crippen LogP contribution < -0.4 is 4.74 Å². The molecule has 1 aliphatic heterocycles. The first-order chi connectivity index (χ1) is 20.3. The highest BCUT2D eigenvalue weighted by atomic mass is 19.4. The summed E-state index contributed by atoms with van der Waals surface area (Å²) in [5, 5.41) is 0. The van der Waals surface area contributed by atoms with E-state index in [1.165, 1.54) is 4.90 Å². The van der Waals surface area contributed by atoms with Crippen molar-refractivity contribution in [2.45, 2.75) is 45.0 Å². The molecule has 0 N–H and O–H groups in total. The summed E-state index contributed by atoms with van der Waals surface area (Å²) in [6.07, 6.45) is -3.12. The molecule has 2 amide bonds. The van der Waals surface area contributed by atoms with E-state index in [0.717, 1.165) is 24.8 Å². The molecule has 2 aromatic rings. The highest BCUT2D eigenvalue weighted by Crippen LogP contribution is 2.36. The molecule has 2 aromatic carbocycles. The van der Waals surface area contributed by atoms with E-state index in [0.29, 0.717) is 57.0 Å². The molecule has 43 heavy (non-hydrogen) atoms. The Hall–Kier alpha value is -3.54. The van der Waals surface area contributed by atoms with Gasteiger partial charge < -0.3 is 14.5 Å². The maximum absolute atomic E-state index is 13.2. The molecule has 0 spiro atoms. The molecule has 0 radical (unpaired) electrons. The summed E-state index contributed by atoms with van der Waals surface area (Å²) in [6, 6.07) is 8.45. The van der Waals surface area contributed by atoms with Gasteiger partial charge in [0.15, 0.2) is 0 Å².